The molecule has 1 aliphatic heterocycles. The van der Waals surface area contributed by atoms with E-state index in [1.54, 1.807) is 24.5 Å². The molecule has 2 fully saturated rings. The van der Waals surface area contributed by atoms with Crippen LogP contribution in [0.2, 0.25) is 0 Å². The molecule has 2 N–H and O–H groups in total. The fraction of sp³-hybridized carbons (Fsp3) is 0.571. The average Bonchev–Trinajstić information content (AvgIpc) is 2.94. The van der Waals surface area contributed by atoms with Crippen LogP contribution in [0.15, 0.2) is 24.3 Å². The van der Waals surface area contributed by atoms with Gasteiger partial charge in [-0.3, -0.25) is 19.8 Å². The number of hydrogen-bond donors (Lipinski definition) is 2. The van der Waals surface area contributed by atoms with E-state index in [4.69, 9.17) is 4.74 Å². The smallest absolute Gasteiger partial charge is 0.440 e. The van der Waals surface area contributed by atoms with Gasteiger partial charge in [-0.05, 0) is 56.9 Å². The highest BCUT2D eigenvalue weighted by molar-refractivity contribution is 6.10. The third-order valence-corrected chi connectivity index (χ3v) is 5.49. The number of carbonyl (C=O) groups is 3. The zero-order valence-electron chi connectivity index (χ0n) is 17.4. The number of nitrogens with zero attached hydrogens (tertiary/aromatic N) is 1. The second-order valence-corrected chi connectivity index (χ2v) is 8.24. The standard InChI is InChI=1S/C21H26F3N3O4/c1-13(2)31-16-10-8-15(9-11-16)17(28)25-20(21(22,23)24)18(29)27(19(30)26-20)12-14-6-4-3-5-7-14/h8-11,13-14H,3-7,12H2,1-2H3,(H,25,28)(H,26,30)/t20-/m1/s1. The highest BCUT2D eigenvalue weighted by atomic mass is 19.4. The fourth-order valence-corrected chi connectivity index (χ4v) is 3.92. The van der Waals surface area contributed by atoms with E-state index in [-0.39, 0.29) is 24.1 Å². The van der Waals surface area contributed by atoms with Gasteiger partial charge in [-0.15, -0.1) is 0 Å². The van der Waals surface area contributed by atoms with E-state index < -0.39 is 29.7 Å². The van der Waals surface area contributed by atoms with Crippen molar-refractivity contribution in [1.82, 2.24) is 15.5 Å². The molecule has 170 valence electrons. The summed E-state index contributed by atoms with van der Waals surface area (Å²) in [5.41, 5.74) is -3.60. The van der Waals surface area contributed by atoms with Crippen LogP contribution in [0.4, 0.5) is 18.0 Å². The summed E-state index contributed by atoms with van der Waals surface area (Å²) in [4.78, 5) is 38.2. The summed E-state index contributed by atoms with van der Waals surface area (Å²) in [6, 6.07) is 4.31. The summed E-state index contributed by atoms with van der Waals surface area (Å²) in [5.74, 6) is -2.25. The molecule has 3 rings (SSSR count). The predicted octanol–water partition coefficient (Wildman–Crippen LogP) is 3.59. The largest absolute Gasteiger partial charge is 0.491 e. The number of alkyl halides is 3. The van der Waals surface area contributed by atoms with Crippen LogP contribution in [-0.4, -0.2) is 47.2 Å². The van der Waals surface area contributed by atoms with E-state index in [1.807, 2.05) is 0 Å². The third-order valence-electron chi connectivity index (χ3n) is 5.49. The SMILES string of the molecule is CC(C)Oc1ccc(C(=O)N[C@@]2(C(F)(F)F)NC(=O)N(CC3CCCCC3)C2=O)cc1. The lowest BCUT2D eigenvalue weighted by molar-refractivity contribution is -0.200. The molecule has 1 aromatic carbocycles. The summed E-state index contributed by atoms with van der Waals surface area (Å²) >= 11 is 0. The molecule has 1 aromatic rings. The molecule has 10 heteroatoms. The Labute approximate surface area is 178 Å². The van der Waals surface area contributed by atoms with E-state index in [2.05, 4.69) is 0 Å². The maximum Gasteiger partial charge on any atom is 0.440 e. The number of halogens is 3. The Balaban J connectivity index is 1.80. The number of carbonyl (C=O) groups excluding carboxylic acids is 3. The molecule has 1 heterocycles. The molecule has 1 saturated carbocycles. The van der Waals surface area contributed by atoms with Gasteiger partial charge in [0.05, 0.1) is 6.10 Å². The van der Waals surface area contributed by atoms with Gasteiger partial charge in [0.2, 0.25) is 0 Å². The Morgan fingerprint density at radius 1 is 1.19 bits per heavy atom. The number of imide groups is 1. The van der Waals surface area contributed by atoms with Crippen LogP contribution < -0.4 is 15.4 Å². The Bertz CT molecular complexity index is 835. The van der Waals surface area contributed by atoms with Gasteiger partial charge < -0.3 is 10.1 Å². The molecule has 31 heavy (non-hydrogen) atoms. The summed E-state index contributed by atoms with van der Waals surface area (Å²) in [6.07, 6.45) is -1.01. The molecule has 0 bridgehead atoms. The van der Waals surface area contributed by atoms with Crippen LogP contribution in [0.3, 0.4) is 0 Å². The lowest BCUT2D eigenvalue weighted by Gasteiger charge is -2.30. The van der Waals surface area contributed by atoms with Crippen molar-refractivity contribution >= 4 is 17.8 Å². The van der Waals surface area contributed by atoms with E-state index in [0.717, 1.165) is 32.1 Å². The number of rotatable bonds is 6. The molecule has 0 aromatic heterocycles. The quantitative estimate of drug-likeness (QED) is 0.661. The van der Waals surface area contributed by atoms with E-state index in [0.29, 0.717) is 10.6 Å². The van der Waals surface area contributed by atoms with Crippen molar-refractivity contribution in [1.29, 1.82) is 0 Å². The highest BCUT2D eigenvalue weighted by Gasteiger charge is 2.68. The van der Waals surface area contributed by atoms with E-state index in [9.17, 15) is 27.6 Å². The first-order valence-electron chi connectivity index (χ1n) is 10.3. The average molecular weight is 441 g/mol. The Kier molecular flexibility index (Phi) is 6.47. The highest BCUT2D eigenvalue weighted by Crippen LogP contribution is 2.35. The predicted molar refractivity (Wildman–Crippen MR) is 105 cm³/mol. The summed E-state index contributed by atoms with van der Waals surface area (Å²) in [6.45, 7) is 3.52. The van der Waals surface area contributed by atoms with E-state index in [1.165, 1.54) is 24.3 Å². The van der Waals surface area contributed by atoms with Gasteiger partial charge >= 0.3 is 12.2 Å². The minimum Gasteiger partial charge on any atom is -0.491 e. The molecule has 0 unspecified atom stereocenters. The van der Waals surface area contributed by atoms with Gasteiger partial charge in [-0.1, -0.05) is 19.3 Å². The summed E-state index contributed by atoms with van der Waals surface area (Å²) < 4.78 is 47.4. The molecule has 4 amide bonds. The molecule has 1 atom stereocenters. The van der Waals surface area contributed by atoms with Crippen molar-refractivity contribution in [2.75, 3.05) is 6.54 Å². The van der Waals surface area contributed by atoms with Crippen molar-refractivity contribution in [2.45, 2.75) is 63.9 Å². The minimum atomic E-state index is -5.22. The van der Waals surface area contributed by atoms with Crippen LogP contribution in [0.25, 0.3) is 0 Å². The van der Waals surface area contributed by atoms with Crippen LogP contribution in [0.1, 0.15) is 56.3 Å². The molecule has 7 nitrogen and oxygen atoms in total. The molecule has 0 radical (unpaired) electrons. The molecule has 1 aliphatic carbocycles. The summed E-state index contributed by atoms with van der Waals surface area (Å²) in [7, 11) is 0. The van der Waals surface area contributed by atoms with E-state index >= 15 is 0 Å². The second-order valence-electron chi connectivity index (χ2n) is 8.24. The number of urea groups is 1. The van der Waals surface area contributed by atoms with Crippen molar-refractivity contribution < 1.29 is 32.3 Å². The van der Waals surface area contributed by atoms with Gasteiger partial charge in [0, 0.05) is 12.1 Å². The van der Waals surface area contributed by atoms with Crippen molar-refractivity contribution in [3.63, 3.8) is 0 Å². The maximum absolute atomic E-state index is 14.0. The first-order chi connectivity index (χ1) is 14.5. The Hall–Kier alpha value is -2.78. The van der Waals surface area contributed by atoms with Crippen LogP contribution in [0.5, 0.6) is 5.75 Å². The third kappa shape index (κ3) is 4.77. The Morgan fingerprint density at radius 2 is 1.81 bits per heavy atom. The van der Waals surface area contributed by atoms with Crippen molar-refractivity contribution in [2.24, 2.45) is 5.92 Å². The molecular weight excluding hydrogens is 415 g/mol. The number of amides is 4. The number of ether oxygens (including phenoxy) is 1. The van der Waals surface area contributed by atoms with Gasteiger partial charge in [0.15, 0.2) is 0 Å². The zero-order chi connectivity index (χ0) is 22.8. The monoisotopic (exact) mass is 441 g/mol. The number of nitrogens with one attached hydrogen (secondary N) is 2. The summed E-state index contributed by atoms with van der Waals surface area (Å²) in [5, 5.41) is 3.42. The fourth-order valence-electron chi connectivity index (χ4n) is 3.92. The van der Waals surface area contributed by atoms with Gasteiger partial charge in [-0.2, -0.15) is 13.2 Å². The molecule has 0 spiro atoms. The van der Waals surface area contributed by atoms with Gasteiger partial charge in [-0.25, -0.2) is 4.79 Å². The Morgan fingerprint density at radius 3 is 2.35 bits per heavy atom. The first kappa shape index (κ1) is 22.9. The normalized spacial score (nSPS) is 22.6. The first-order valence-corrected chi connectivity index (χ1v) is 10.3. The lowest BCUT2D eigenvalue weighted by atomic mass is 9.89. The van der Waals surface area contributed by atoms with Gasteiger partial charge in [0.25, 0.3) is 17.5 Å². The number of benzene rings is 1. The van der Waals surface area contributed by atoms with Crippen molar-refractivity contribution in [3.8, 4) is 5.75 Å². The lowest BCUT2D eigenvalue weighted by Crippen LogP contribution is -2.69. The second kappa shape index (κ2) is 8.76. The molecular formula is C21H26F3N3O4. The topological polar surface area (TPSA) is 87.7 Å². The molecule has 2 aliphatic rings. The molecule has 1 saturated heterocycles. The van der Waals surface area contributed by atoms with Crippen molar-refractivity contribution in [3.05, 3.63) is 29.8 Å². The van der Waals surface area contributed by atoms with Crippen LogP contribution in [-0.2, 0) is 4.79 Å². The van der Waals surface area contributed by atoms with Gasteiger partial charge in [0.1, 0.15) is 5.75 Å². The van der Waals surface area contributed by atoms with Crippen LogP contribution >= 0.6 is 0 Å². The zero-order valence-corrected chi connectivity index (χ0v) is 17.4. The number of hydrogen-bond acceptors (Lipinski definition) is 4. The van der Waals surface area contributed by atoms with Crippen LogP contribution in [0, 0.1) is 5.92 Å². The maximum atomic E-state index is 14.0. The minimum absolute atomic E-state index is 0.0447.